The Bertz CT molecular complexity index is 1180. The second-order valence-corrected chi connectivity index (χ2v) is 11.3. The van der Waals surface area contributed by atoms with E-state index in [9.17, 15) is 18.0 Å². The molecular formula is C35H53F3N4O. The molecule has 0 bridgehead atoms. The van der Waals surface area contributed by atoms with Crippen LogP contribution in [-0.4, -0.2) is 53.3 Å². The van der Waals surface area contributed by atoms with Gasteiger partial charge in [0.1, 0.15) is 0 Å². The predicted octanol–water partition coefficient (Wildman–Crippen LogP) is 9.27. The topological polar surface area (TPSA) is 59.7 Å². The largest absolute Gasteiger partial charge is 0.416 e. The van der Waals surface area contributed by atoms with Crippen molar-refractivity contribution in [3.63, 3.8) is 0 Å². The van der Waals surface area contributed by atoms with Crippen molar-refractivity contribution in [3.8, 4) is 6.07 Å². The van der Waals surface area contributed by atoms with Crippen LogP contribution < -0.4 is 0 Å². The molecule has 1 aromatic rings. The maximum Gasteiger partial charge on any atom is 0.416 e. The molecule has 1 amide bonds. The fraction of sp³-hybridized carbons (Fsp3) is 0.571. The summed E-state index contributed by atoms with van der Waals surface area (Å²) in [6.07, 6.45) is 2.93. The number of allylic oxidation sites excluding steroid dienone is 5. The molecule has 5 nitrogen and oxygen atoms in total. The number of alkyl halides is 3. The number of nitrogens with zero attached hydrogens (tertiary/aromatic N) is 4. The van der Waals surface area contributed by atoms with Gasteiger partial charge in [0.25, 0.3) is 0 Å². The fourth-order valence-corrected chi connectivity index (χ4v) is 4.67. The van der Waals surface area contributed by atoms with Crippen molar-refractivity contribution in [3.05, 3.63) is 70.6 Å². The highest BCUT2D eigenvalue weighted by Crippen LogP contribution is 2.35. The number of benzene rings is 1. The van der Waals surface area contributed by atoms with E-state index >= 15 is 0 Å². The molecule has 240 valence electrons. The number of piperazine rings is 1. The molecule has 1 fully saturated rings. The molecule has 1 aliphatic rings. The van der Waals surface area contributed by atoms with Gasteiger partial charge in [-0.2, -0.15) is 18.4 Å². The smallest absolute Gasteiger partial charge is 0.371 e. The summed E-state index contributed by atoms with van der Waals surface area (Å²) >= 11 is 0. The number of carbonyl (C=O) groups is 1. The molecule has 0 spiro atoms. The van der Waals surface area contributed by atoms with Gasteiger partial charge in [-0.25, -0.2) is 0 Å². The van der Waals surface area contributed by atoms with Gasteiger partial charge in [0, 0.05) is 54.3 Å². The van der Waals surface area contributed by atoms with E-state index in [1.807, 2.05) is 76.5 Å². The van der Waals surface area contributed by atoms with Crippen LogP contribution in [0.15, 0.2) is 64.5 Å². The summed E-state index contributed by atoms with van der Waals surface area (Å²) in [5.41, 5.74) is 1.79. The number of nitriles is 1. The van der Waals surface area contributed by atoms with Crippen molar-refractivity contribution in [2.75, 3.05) is 19.6 Å². The van der Waals surface area contributed by atoms with Crippen LogP contribution in [0.4, 0.5) is 13.2 Å². The molecular weight excluding hydrogens is 549 g/mol. The number of halogens is 3. The van der Waals surface area contributed by atoms with E-state index in [-0.39, 0.29) is 17.5 Å². The maximum absolute atomic E-state index is 13.8. The third-order valence-corrected chi connectivity index (χ3v) is 6.80. The van der Waals surface area contributed by atoms with E-state index < -0.39 is 17.2 Å². The number of rotatable bonds is 7. The van der Waals surface area contributed by atoms with Crippen LogP contribution in [0.5, 0.6) is 0 Å². The van der Waals surface area contributed by atoms with Crippen molar-refractivity contribution < 1.29 is 18.0 Å². The van der Waals surface area contributed by atoms with Gasteiger partial charge in [0.05, 0.1) is 17.2 Å². The molecule has 2 rings (SSSR count). The highest BCUT2D eigenvalue weighted by atomic mass is 19.4. The zero-order chi connectivity index (χ0) is 33.4. The molecule has 0 N–H and O–H groups in total. The Morgan fingerprint density at radius 1 is 1.14 bits per heavy atom. The molecule has 0 radical (unpaired) electrons. The van der Waals surface area contributed by atoms with Gasteiger partial charge < -0.3 is 9.80 Å². The molecule has 1 heterocycles. The number of hydrogen-bond acceptors (Lipinski definition) is 4. The molecule has 1 saturated heterocycles. The minimum atomic E-state index is -4.48. The summed E-state index contributed by atoms with van der Waals surface area (Å²) in [5, 5.41) is 8.58. The van der Waals surface area contributed by atoms with Gasteiger partial charge in [-0.3, -0.25) is 9.79 Å². The lowest BCUT2D eigenvalue weighted by Gasteiger charge is -2.44. The first-order valence-corrected chi connectivity index (χ1v) is 15.3. The second-order valence-electron chi connectivity index (χ2n) is 11.3. The van der Waals surface area contributed by atoms with E-state index in [0.717, 1.165) is 30.9 Å². The SMILES string of the molecule is CC.CCCc1cccc(C#N)c1.C\C=C(C(/C(C)=N/C=C/CC)=C(/C)N1CCN(C(=O)C(C)(C)C)C(C)C1)\C(F)(F)F. The lowest BCUT2D eigenvalue weighted by atomic mass is 9.93. The zero-order valence-corrected chi connectivity index (χ0v) is 28.2. The minimum Gasteiger partial charge on any atom is -0.371 e. The summed E-state index contributed by atoms with van der Waals surface area (Å²) in [6.45, 7) is 21.8. The molecule has 43 heavy (non-hydrogen) atoms. The summed E-state index contributed by atoms with van der Waals surface area (Å²) in [5.74, 6) is 0.0587. The van der Waals surface area contributed by atoms with Crippen molar-refractivity contribution in [2.45, 2.75) is 108 Å². The Balaban J connectivity index is 0.00000112. The number of amides is 1. The maximum atomic E-state index is 13.8. The van der Waals surface area contributed by atoms with Crippen molar-refractivity contribution in [1.82, 2.24) is 9.80 Å². The minimum absolute atomic E-state index is 0.0587. The molecule has 0 aliphatic carbocycles. The molecule has 1 atom stereocenters. The average molecular weight is 603 g/mol. The third-order valence-electron chi connectivity index (χ3n) is 6.80. The third kappa shape index (κ3) is 12.8. The van der Waals surface area contributed by atoms with Crippen LogP contribution in [0.1, 0.15) is 100 Å². The number of aliphatic imine (C=N–C) groups is 1. The van der Waals surface area contributed by atoms with Crippen LogP contribution in [0.3, 0.4) is 0 Å². The Morgan fingerprint density at radius 2 is 1.77 bits per heavy atom. The first-order chi connectivity index (χ1) is 20.1. The number of carbonyl (C=O) groups excluding carboxylic acids is 1. The predicted molar refractivity (Wildman–Crippen MR) is 174 cm³/mol. The normalized spacial score (nSPS) is 16.9. The van der Waals surface area contributed by atoms with E-state index in [0.29, 0.717) is 31.0 Å². The van der Waals surface area contributed by atoms with Crippen LogP contribution in [-0.2, 0) is 11.2 Å². The van der Waals surface area contributed by atoms with Crippen LogP contribution in [0.25, 0.3) is 0 Å². The highest BCUT2D eigenvalue weighted by Gasteiger charge is 2.39. The van der Waals surface area contributed by atoms with E-state index in [1.54, 1.807) is 26.1 Å². The first kappa shape index (κ1) is 39.7. The summed E-state index contributed by atoms with van der Waals surface area (Å²) in [6, 6.07) is 9.80. The van der Waals surface area contributed by atoms with E-state index in [1.165, 1.54) is 12.5 Å². The molecule has 1 aliphatic heterocycles. The Labute approximate surface area is 258 Å². The quantitative estimate of drug-likeness (QED) is 0.231. The molecule has 1 aromatic carbocycles. The number of hydrogen-bond donors (Lipinski definition) is 0. The van der Waals surface area contributed by atoms with E-state index in [4.69, 9.17) is 5.26 Å². The van der Waals surface area contributed by atoms with Crippen molar-refractivity contribution in [1.29, 1.82) is 5.26 Å². The van der Waals surface area contributed by atoms with Gasteiger partial charge in [-0.15, -0.1) is 0 Å². The molecule has 0 saturated carbocycles. The summed E-state index contributed by atoms with van der Waals surface area (Å²) in [4.78, 5) is 20.7. The monoisotopic (exact) mass is 602 g/mol. The Morgan fingerprint density at radius 3 is 2.23 bits per heavy atom. The summed E-state index contributed by atoms with van der Waals surface area (Å²) in [7, 11) is 0. The Hall–Kier alpha value is -3.34. The van der Waals surface area contributed by atoms with Crippen LogP contribution in [0, 0.1) is 16.7 Å². The zero-order valence-electron chi connectivity index (χ0n) is 28.2. The number of aryl methyl sites for hydroxylation is 1. The molecule has 1 unspecified atom stereocenters. The summed E-state index contributed by atoms with van der Waals surface area (Å²) < 4.78 is 41.3. The first-order valence-electron chi connectivity index (χ1n) is 15.3. The van der Waals surface area contributed by atoms with Gasteiger partial charge >= 0.3 is 6.18 Å². The second kappa shape index (κ2) is 19.0. The van der Waals surface area contributed by atoms with Gasteiger partial charge in [0.15, 0.2) is 0 Å². The highest BCUT2D eigenvalue weighted by molar-refractivity contribution is 6.03. The van der Waals surface area contributed by atoms with Gasteiger partial charge in [0.2, 0.25) is 5.91 Å². The van der Waals surface area contributed by atoms with Crippen molar-refractivity contribution >= 4 is 11.6 Å². The van der Waals surface area contributed by atoms with E-state index in [2.05, 4.69) is 24.1 Å². The Kier molecular flexibility index (Phi) is 17.6. The fourth-order valence-electron chi connectivity index (χ4n) is 4.67. The molecule has 8 heteroatoms. The van der Waals surface area contributed by atoms with Gasteiger partial charge in [-0.1, -0.05) is 79.2 Å². The van der Waals surface area contributed by atoms with Crippen LogP contribution >= 0.6 is 0 Å². The van der Waals surface area contributed by atoms with Crippen molar-refractivity contribution in [2.24, 2.45) is 10.4 Å². The lowest BCUT2D eigenvalue weighted by molar-refractivity contribution is -0.143. The standard InChI is InChI=1S/C23H36F3N3O.C10H11N.C2H6/c1-9-11-12-27-17(4)20(19(10-2)23(24,25)26)18(5)28-13-14-29(16(3)15-28)21(30)22(6,7)8;1-2-4-9-5-3-6-10(7-9)8-11;1-2/h10-12,16H,9,13-15H2,1-8H3;3,5-7H,2,4H2,1H3;1-2H3/b12-11+,19-10+,20-18-,27-17+;;. The van der Waals surface area contributed by atoms with Crippen LogP contribution in [0.2, 0.25) is 0 Å². The molecule has 0 aromatic heterocycles. The lowest BCUT2D eigenvalue weighted by Crippen LogP contribution is -2.56. The van der Waals surface area contributed by atoms with Gasteiger partial charge in [-0.05, 0) is 58.2 Å². The average Bonchev–Trinajstić information content (AvgIpc) is 2.95.